The van der Waals surface area contributed by atoms with Gasteiger partial charge in [0.25, 0.3) is 5.69 Å². The number of halogens is 2. The average Bonchev–Trinajstić information content (AvgIpc) is 2.71. The van der Waals surface area contributed by atoms with E-state index in [2.05, 4.69) is 4.90 Å². The van der Waals surface area contributed by atoms with Crippen molar-refractivity contribution in [2.45, 2.75) is 19.4 Å². The van der Waals surface area contributed by atoms with Gasteiger partial charge in [-0.25, -0.2) is 0 Å². The topological polar surface area (TPSA) is 46.4 Å². The molecule has 1 heterocycles. The molecule has 0 amide bonds. The van der Waals surface area contributed by atoms with Gasteiger partial charge >= 0.3 is 0 Å². The van der Waals surface area contributed by atoms with Crippen LogP contribution in [0, 0.1) is 10.1 Å². The lowest BCUT2D eigenvalue weighted by Crippen LogP contribution is -2.25. The Morgan fingerprint density at radius 1 is 1.00 bits per heavy atom. The fraction of sp³-hybridized carbons (Fsp3) is 0.294. The molecule has 0 radical (unpaired) electrons. The number of hydrogen-bond acceptors (Lipinski definition) is 3. The van der Waals surface area contributed by atoms with Crippen molar-refractivity contribution in [2.75, 3.05) is 13.1 Å². The van der Waals surface area contributed by atoms with E-state index in [1.807, 2.05) is 24.3 Å². The van der Waals surface area contributed by atoms with E-state index in [1.165, 1.54) is 11.1 Å². The Labute approximate surface area is 144 Å². The second-order valence-corrected chi connectivity index (χ2v) is 6.55. The predicted molar refractivity (Wildman–Crippen MR) is 92.2 cm³/mol. The molecule has 0 saturated heterocycles. The first-order valence-electron chi connectivity index (χ1n) is 7.45. The highest BCUT2D eigenvalue weighted by atomic mass is 35.5. The fourth-order valence-electron chi connectivity index (χ4n) is 2.90. The summed E-state index contributed by atoms with van der Waals surface area (Å²) in [6.45, 7) is 2.65. The second-order valence-electron chi connectivity index (χ2n) is 5.73. The summed E-state index contributed by atoms with van der Waals surface area (Å²) < 4.78 is 0. The van der Waals surface area contributed by atoms with Crippen molar-refractivity contribution >= 4 is 28.9 Å². The Morgan fingerprint density at radius 2 is 1.52 bits per heavy atom. The minimum Gasteiger partial charge on any atom is -0.298 e. The van der Waals surface area contributed by atoms with E-state index in [0.717, 1.165) is 38.0 Å². The van der Waals surface area contributed by atoms with Crippen LogP contribution < -0.4 is 0 Å². The first kappa shape index (κ1) is 16.2. The molecule has 0 fully saturated rings. The van der Waals surface area contributed by atoms with Gasteiger partial charge in [0.1, 0.15) is 0 Å². The Hall–Kier alpha value is -1.62. The molecule has 0 spiro atoms. The maximum absolute atomic E-state index is 10.7. The van der Waals surface area contributed by atoms with Gasteiger partial charge < -0.3 is 0 Å². The minimum absolute atomic E-state index is 0.126. The van der Waals surface area contributed by atoms with Crippen molar-refractivity contribution in [3.05, 3.63) is 73.2 Å². The lowest BCUT2D eigenvalue weighted by Gasteiger charge is -2.19. The molecular weight excluding hydrogens is 335 g/mol. The van der Waals surface area contributed by atoms with E-state index < -0.39 is 0 Å². The smallest absolute Gasteiger partial charge is 0.269 e. The standard InChI is InChI=1S/C17H16Cl2N2O2/c18-16-9-13-5-7-20(8-6-14(13)10-17(16)19)11-12-1-3-15(4-2-12)21(22)23/h1-4,9-10H,5-8,11H2. The van der Waals surface area contributed by atoms with Crippen molar-refractivity contribution in [1.82, 2.24) is 4.90 Å². The van der Waals surface area contributed by atoms with Crippen LogP contribution in [0.3, 0.4) is 0 Å². The summed E-state index contributed by atoms with van der Waals surface area (Å²) in [5.41, 5.74) is 3.72. The van der Waals surface area contributed by atoms with Crippen LogP contribution in [-0.2, 0) is 19.4 Å². The van der Waals surface area contributed by atoms with Gasteiger partial charge in [-0.3, -0.25) is 15.0 Å². The maximum atomic E-state index is 10.7. The van der Waals surface area contributed by atoms with Crippen molar-refractivity contribution in [3.8, 4) is 0 Å². The van der Waals surface area contributed by atoms with E-state index in [-0.39, 0.29) is 10.6 Å². The molecule has 0 atom stereocenters. The van der Waals surface area contributed by atoms with Crippen LogP contribution in [-0.4, -0.2) is 22.9 Å². The first-order chi connectivity index (χ1) is 11.0. The summed E-state index contributed by atoms with van der Waals surface area (Å²) in [6, 6.07) is 10.7. The van der Waals surface area contributed by atoms with E-state index in [1.54, 1.807) is 12.1 Å². The van der Waals surface area contributed by atoms with E-state index >= 15 is 0 Å². The largest absolute Gasteiger partial charge is 0.298 e. The molecule has 1 aliphatic rings. The van der Waals surface area contributed by atoms with Crippen LogP contribution >= 0.6 is 23.2 Å². The zero-order valence-electron chi connectivity index (χ0n) is 12.5. The van der Waals surface area contributed by atoms with Crippen LogP contribution in [0.15, 0.2) is 36.4 Å². The quantitative estimate of drug-likeness (QED) is 0.604. The van der Waals surface area contributed by atoms with E-state index in [0.29, 0.717) is 10.0 Å². The Morgan fingerprint density at radius 3 is 2.00 bits per heavy atom. The third-order valence-corrected chi connectivity index (χ3v) is 4.91. The van der Waals surface area contributed by atoms with Gasteiger partial charge in [-0.1, -0.05) is 35.3 Å². The van der Waals surface area contributed by atoms with E-state index in [9.17, 15) is 10.1 Å². The summed E-state index contributed by atoms with van der Waals surface area (Å²) in [7, 11) is 0. The van der Waals surface area contributed by atoms with Gasteiger partial charge in [0.2, 0.25) is 0 Å². The number of rotatable bonds is 3. The lowest BCUT2D eigenvalue weighted by atomic mass is 10.0. The second kappa shape index (κ2) is 6.87. The van der Waals surface area contributed by atoms with Crippen LogP contribution in [0.1, 0.15) is 16.7 Å². The number of hydrogen-bond donors (Lipinski definition) is 0. The highest BCUT2D eigenvalue weighted by Gasteiger charge is 2.16. The number of nitrogens with zero attached hydrogens (tertiary/aromatic N) is 2. The predicted octanol–water partition coefficient (Wildman–Crippen LogP) is 4.50. The fourth-order valence-corrected chi connectivity index (χ4v) is 3.28. The number of nitro benzene ring substituents is 1. The van der Waals surface area contributed by atoms with Gasteiger partial charge in [0.15, 0.2) is 0 Å². The molecule has 2 aromatic carbocycles. The van der Waals surface area contributed by atoms with Gasteiger partial charge in [-0.15, -0.1) is 0 Å². The molecule has 23 heavy (non-hydrogen) atoms. The number of non-ortho nitro benzene ring substituents is 1. The molecular formula is C17H16Cl2N2O2. The normalized spacial score (nSPS) is 15.0. The Kier molecular flexibility index (Phi) is 4.85. The summed E-state index contributed by atoms with van der Waals surface area (Å²) in [5, 5.41) is 11.9. The van der Waals surface area contributed by atoms with Crippen molar-refractivity contribution in [1.29, 1.82) is 0 Å². The molecule has 2 aromatic rings. The zero-order valence-corrected chi connectivity index (χ0v) is 14.0. The molecule has 6 heteroatoms. The molecule has 0 aromatic heterocycles. The van der Waals surface area contributed by atoms with Gasteiger partial charge in [0.05, 0.1) is 15.0 Å². The van der Waals surface area contributed by atoms with Gasteiger partial charge in [0, 0.05) is 31.8 Å². The number of fused-ring (bicyclic) bond motifs is 1. The average molecular weight is 351 g/mol. The molecule has 1 aliphatic heterocycles. The molecule has 120 valence electrons. The third kappa shape index (κ3) is 3.83. The van der Waals surface area contributed by atoms with Crippen LogP contribution in [0.2, 0.25) is 10.0 Å². The molecule has 4 nitrogen and oxygen atoms in total. The third-order valence-electron chi connectivity index (χ3n) is 4.19. The monoisotopic (exact) mass is 350 g/mol. The Bertz CT molecular complexity index is 699. The van der Waals surface area contributed by atoms with Crippen molar-refractivity contribution in [3.63, 3.8) is 0 Å². The van der Waals surface area contributed by atoms with Crippen LogP contribution in [0.5, 0.6) is 0 Å². The summed E-state index contributed by atoms with van der Waals surface area (Å²) in [4.78, 5) is 12.7. The SMILES string of the molecule is O=[N+]([O-])c1ccc(CN2CCc3cc(Cl)c(Cl)cc3CC2)cc1. The van der Waals surface area contributed by atoms with Crippen molar-refractivity contribution < 1.29 is 4.92 Å². The Balaban J connectivity index is 1.68. The van der Waals surface area contributed by atoms with Crippen molar-refractivity contribution in [2.24, 2.45) is 0 Å². The van der Waals surface area contributed by atoms with Crippen LogP contribution in [0.25, 0.3) is 0 Å². The summed E-state index contributed by atoms with van der Waals surface area (Å²) in [5.74, 6) is 0. The summed E-state index contributed by atoms with van der Waals surface area (Å²) in [6.07, 6.45) is 1.86. The molecule has 0 bridgehead atoms. The highest BCUT2D eigenvalue weighted by Crippen LogP contribution is 2.28. The number of nitro groups is 1. The van der Waals surface area contributed by atoms with Crippen LogP contribution in [0.4, 0.5) is 5.69 Å². The molecule has 0 N–H and O–H groups in total. The highest BCUT2D eigenvalue weighted by molar-refractivity contribution is 6.42. The van der Waals surface area contributed by atoms with Gasteiger partial charge in [-0.05, 0) is 41.7 Å². The van der Waals surface area contributed by atoms with Gasteiger partial charge in [-0.2, -0.15) is 0 Å². The maximum Gasteiger partial charge on any atom is 0.269 e. The zero-order chi connectivity index (χ0) is 16.4. The van der Waals surface area contributed by atoms with E-state index in [4.69, 9.17) is 23.2 Å². The molecule has 0 saturated carbocycles. The molecule has 0 aliphatic carbocycles. The summed E-state index contributed by atoms with van der Waals surface area (Å²) >= 11 is 12.2. The minimum atomic E-state index is -0.375. The number of benzene rings is 2. The molecule has 3 rings (SSSR count). The molecule has 0 unspecified atom stereocenters. The first-order valence-corrected chi connectivity index (χ1v) is 8.21. The lowest BCUT2D eigenvalue weighted by molar-refractivity contribution is -0.384.